The highest BCUT2D eigenvalue weighted by atomic mass is 16.6. The van der Waals surface area contributed by atoms with Gasteiger partial charge in [-0.2, -0.15) is 0 Å². The van der Waals surface area contributed by atoms with E-state index in [1.54, 1.807) is 18.2 Å². The molecular formula is C8H10N2O4. The second kappa shape index (κ2) is 5.41. The van der Waals surface area contributed by atoms with Gasteiger partial charge in [0.15, 0.2) is 6.29 Å². The quantitative estimate of drug-likeness (QED) is 0.392. The molecule has 0 heterocycles. The van der Waals surface area contributed by atoms with E-state index in [0.717, 1.165) is 0 Å². The maximum Gasteiger partial charge on any atom is 0.503 e. The zero-order valence-corrected chi connectivity index (χ0v) is 7.18. The van der Waals surface area contributed by atoms with Gasteiger partial charge in [0.05, 0.1) is 0 Å². The highest BCUT2D eigenvalue weighted by Gasteiger charge is 1.95. The maximum absolute atomic E-state index is 10.2. The molecule has 6 heteroatoms. The van der Waals surface area contributed by atoms with Crippen LogP contribution in [-0.4, -0.2) is 22.7 Å². The smallest absolute Gasteiger partial charge is 0.450 e. The van der Waals surface area contributed by atoms with Crippen molar-refractivity contribution in [3.05, 3.63) is 23.8 Å². The third-order valence-electron chi connectivity index (χ3n) is 1.24. The first-order valence-electron chi connectivity index (χ1n) is 3.49. The van der Waals surface area contributed by atoms with Gasteiger partial charge < -0.3 is 21.7 Å². The molecule has 0 atom stereocenters. The summed E-state index contributed by atoms with van der Waals surface area (Å²) in [6.45, 7) is 0. The molecule has 1 rings (SSSR count). The maximum atomic E-state index is 10.2. The van der Waals surface area contributed by atoms with Crippen LogP contribution in [-0.2, 0) is 0 Å². The molecule has 0 amide bonds. The van der Waals surface area contributed by atoms with Gasteiger partial charge >= 0.3 is 6.16 Å². The van der Waals surface area contributed by atoms with Crippen LogP contribution in [0, 0.1) is 0 Å². The van der Waals surface area contributed by atoms with Crippen LogP contribution in [0.5, 0.6) is 0 Å². The minimum Gasteiger partial charge on any atom is -0.450 e. The fraction of sp³-hybridized carbons (Fsp3) is 0. The highest BCUT2D eigenvalue weighted by Crippen LogP contribution is 2.12. The SMILES string of the molecule is Nc1ccc(C=O)c(N)c1.O=C(O)O. The van der Waals surface area contributed by atoms with Gasteiger partial charge in [-0.05, 0) is 18.2 Å². The molecule has 0 radical (unpaired) electrons. The predicted octanol–water partition coefficient (Wildman–Crippen LogP) is 0.886. The van der Waals surface area contributed by atoms with Crippen LogP contribution < -0.4 is 11.5 Å². The van der Waals surface area contributed by atoms with E-state index in [1.165, 1.54) is 0 Å². The average molecular weight is 198 g/mol. The van der Waals surface area contributed by atoms with Crippen molar-refractivity contribution >= 4 is 23.8 Å². The van der Waals surface area contributed by atoms with Crippen molar-refractivity contribution in [1.29, 1.82) is 0 Å². The number of nitrogens with two attached hydrogens (primary N) is 2. The normalized spacial score (nSPS) is 8.29. The molecule has 0 bridgehead atoms. The van der Waals surface area contributed by atoms with E-state index < -0.39 is 6.16 Å². The molecule has 1 aromatic rings. The number of rotatable bonds is 1. The number of aldehydes is 1. The van der Waals surface area contributed by atoms with Gasteiger partial charge in [0.1, 0.15) is 0 Å². The van der Waals surface area contributed by atoms with Crippen LogP contribution in [0.2, 0.25) is 0 Å². The van der Waals surface area contributed by atoms with Gasteiger partial charge in [0, 0.05) is 16.9 Å². The lowest BCUT2D eigenvalue weighted by molar-refractivity contribution is 0.112. The number of benzene rings is 1. The fourth-order valence-corrected chi connectivity index (χ4v) is 0.701. The summed E-state index contributed by atoms with van der Waals surface area (Å²) in [5.41, 5.74) is 12.3. The second-order valence-corrected chi connectivity index (χ2v) is 2.29. The number of anilines is 2. The van der Waals surface area contributed by atoms with E-state index in [0.29, 0.717) is 23.2 Å². The summed E-state index contributed by atoms with van der Waals surface area (Å²) in [7, 11) is 0. The largest absolute Gasteiger partial charge is 0.503 e. The summed E-state index contributed by atoms with van der Waals surface area (Å²) in [6, 6.07) is 4.79. The van der Waals surface area contributed by atoms with Gasteiger partial charge in [-0.25, -0.2) is 4.79 Å². The van der Waals surface area contributed by atoms with E-state index in [1.807, 2.05) is 0 Å². The van der Waals surface area contributed by atoms with Crippen LogP contribution in [0.1, 0.15) is 10.4 Å². The molecule has 0 unspecified atom stereocenters. The van der Waals surface area contributed by atoms with Crippen LogP contribution in [0.3, 0.4) is 0 Å². The Balaban J connectivity index is 0.000000364. The lowest BCUT2D eigenvalue weighted by Crippen LogP contribution is -1.94. The Morgan fingerprint density at radius 3 is 2.14 bits per heavy atom. The number of carbonyl (C=O) groups excluding carboxylic acids is 1. The Kier molecular flexibility index (Phi) is 4.55. The summed E-state index contributed by atoms with van der Waals surface area (Å²) < 4.78 is 0. The highest BCUT2D eigenvalue weighted by molar-refractivity contribution is 5.84. The zero-order valence-electron chi connectivity index (χ0n) is 7.18. The number of carbonyl (C=O) groups is 2. The Morgan fingerprint density at radius 1 is 1.29 bits per heavy atom. The number of hydrogen-bond donors (Lipinski definition) is 4. The third kappa shape index (κ3) is 4.60. The van der Waals surface area contributed by atoms with Crippen LogP contribution in [0.4, 0.5) is 16.2 Å². The topological polar surface area (TPSA) is 127 Å². The Hall–Kier alpha value is -2.24. The van der Waals surface area contributed by atoms with Crippen molar-refractivity contribution in [3.8, 4) is 0 Å². The predicted molar refractivity (Wildman–Crippen MR) is 51.3 cm³/mol. The Bertz CT molecular complexity index is 334. The van der Waals surface area contributed by atoms with Gasteiger partial charge in [0.25, 0.3) is 0 Å². The molecule has 0 aromatic heterocycles. The van der Waals surface area contributed by atoms with Crippen molar-refractivity contribution in [1.82, 2.24) is 0 Å². The standard InChI is InChI=1S/C7H8N2O.CH2O3/c8-6-2-1-5(4-10)7(9)3-6;2-1(3)4/h1-4H,8-9H2;(H2,2,3,4). The van der Waals surface area contributed by atoms with E-state index >= 15 is 0 Å². The summed E-state index contributed by atoms with van der Waals surface area (Å²) in [6.07, 6.45) is -1.13. The van der Waals surface area contributed by atoms with Crippen molar-refractivity contribution in [2.45, 2.75) is 0 Å². The molecule has 76 valence electrons. The van der Waals surface area contributed by atoms with Gasteiger partial charge in [-0.3, -0.25) is 4.79 Å². The van der Waals surface area contributed by atoms with Gasteiger partial charge in [0.2, 0.25) is 0 Å². The summed E-state index contributed by atoms with van der Waals surface area (Å²) in [4.78, 5) is 18.8. The van der Waals surface area contributed by atoms with E-state index in [-0.39, 0.29) is 0 Å². The number of carboxylic acid groups (broad SMARTS) is 2. The van der Waals surface area contributed by atoms with Crippen LogP contribution in [0.15, 0.2) is 18.2 Å². The molecule has 6 nitrogen and oxygen atoms in total. The van der Waals surface area contributed by atoms with E-state index in [4.69, 9.17) is 26.5 Å². The first-order chi connectivity index (χ1) is 6.47. The zero-order chi connectivity index (χ0) is 11.1. The van der Waals surface area contributed by atoms with Crippen molar-refractivity contribution in [2.75, 3.05) is 11.5 Å². The van der Waals surface area contributed by atoms with E-state index in [9.17, 15) is 4.79 Å². The molecule has 0 saturated carbocycles. The minimum atomic E-state index is -1.83. The summed E-state index contributed by atoms with van der Waals surface area (Å²) in [5.74, 6) is 0. The molecule has 0 saturated heterocycles. The molecule has 0 aliphatic heterocycles. The van der Waals surface area contributed by atoms with Crippen LogP contribution in [0.25, 0.3) is 0 Å². The first-order valence-corrected chi connectivity index (χ1v) is 3.49. The number of nitrogen functional groups attached to an aromatic ring is 2. The fourth-order valence-electron chi connectivity index (χ4n) is 0.701. The van der Waals surface area contributed by atoms with Gasteiger partial charge in [-0.15, -0.1) is 0 Å². The van der Waals surface area contributed by atoms with Crippen molar-refractivity contribution in [2.24, 2.45) is 0 Å². The molecule has 14 heavy (non-hydrogen) atoms. The lowest BCUT2D eigenvalue weighted by Gasteiger charge is -1.97. The van der Waals surface area contributed by atoms with Crippen LogP contribution >= 0.6 is 0 Å². The minimum absolute atomic E-state index is 0.426. The molecule has 0 fully saturated rings. The molecular weight excluding hydrogens is 188 g/mol. The molecule has 0 spiro atoms. The number of hydrogen-bond acceptors (Lipinski definition) is 4. The lowest BCUT2D eigenvalue weighted by atomic mass is 10.2. The molecule has 1 aromatic carbocycles. The summed E-state index contributed by atoms with van der Waals surface area (Å²) in [5, 5.41) is 13.9. The average Bonchev–Trinajstić information content (AvgIpc) is 2.03. The first kappa shape index (κ1) is 11.8. The molecule has 0 aliphatic carbocycles. The van der Waals surface area contributed by atoms with E-state index in [2.05, 4.69) is 0 Å². The molecule has 0 aliphatic rings. The van der Waals surface area contributed by atoms with Crippen molar-refractivity contribution < 1.29 is 19.8 Å². The van der Waals surface area contributed by atoms with Crippen molar-refractivity contribution in [3.63, 3.8) is 0 Å². The third-order valence-corrected chi connectivity index (χ3v) is 1.24. The Labute approximate surface area is 79.8 Å². The molecule has 6 N–H and O–H groups in total. The van der Waals surface area contributed by atoms with Gasteiger partial charge in [-0.1, -0.05) is 0 Å². The monoisotopic (exact) mass is 198 g/mol. The second-order valence-electron chi connectivity index (χ2n) is 2.29. The Morgan fingerprint density at radius 2 is 1.79 bits per heavy atom. The summed E-state index contributed by atoms with van der Waals surface area (Å²) >= 11 is 0.